The summed E-state index contributed by atoms with van der Waals surface area (Å²) in [5.74, 6) is 0.0389. The molecule has 4 heteroatoms. The van der Waals surface area contributed by atoms with Crippen LogP contribution in [0.5, 0.6) is 0 Å². The number of rotatable bonds is 4. The summed E-state index contributed by atoms with van der Waals surface area (Å²) in [5.41, 5.74) is 4.16. The maximum Gasteiger partial charge on any atom is 0.250 e. The number of carbonyl (C=O) groups excluding carboxylic acids is 1. The van der Waals surface area contributed by atoms with Crippen molar-refractivity contribution in [3.8, 4) is 0 Å². The molecule has 0 aromatic heterocycles. The molecule has 0 unspecified atom stereocenters. The van der Waals surface area contributed by atoms with E-state index in [0.29, 0.717) is 18.4 Å². The average molecular weight is 383 g/mol. The minimum Gasteiger partial charge on any atom is -0.500 e. The minimum absolute atomic E-state index is 0.0389. The Hall–Kier alpha value is -1.81. The average Bonchev–Trinajstić information content (AvgIpc) is 3.29. The molecule has 1 N–H and O–H groups in total. The van der Waals surface area contributed by atoms with Crippen LogP contribution in [-0.2, 0) is 14.9 Å². The van der Waals surface area contributed by atoms with E-state index in [9.17, 15) is 4.79 Å². The number of piperidine rings is 1. The van der Waals surface area contributed by atoms with E-state index in [4.69, 9.17) is 4.74 Å². The van der Waals surface area contributed by atoms with Gasteiger partial charge < -0.3 is 15.0 Å². The van der Waals surface area contributed by atoms with Gasteiger partial charge in [0.15, 0.2) is 0 Å². The van der Waals surface area contributed by atoms with Gasteiger partial charge in [-0.15, -0.1) is 0 Å². The number of likely N-dealkylation sites (tertiary alicyclic amines) is 1. The molecule has 0 radical (unpaired) electrons. The molecule has 2 aliphatic heterocycles. The van der Waals surface area contributed by atoms with Gasteiger partial charge in [-0.1, -0.05) is 45.0 Å². The number of nitrogens with one attached hydrogen (secondary N) is 1. The first-order chi connectivity index (χ1) is 13.4. The molecule has 28 heavy (non-hydrogen) atoms. The molecule has 1 aromatic rings. The lowest BCUT2D eigenvalue weighted by molar-refractivity contribution is -0.118. The van der Waals surface area contributed by atoms with Crippen molar-refractivity contribution in [3.05, 3.63) is 47.2 Å². The van der Waals surface area contributed by atoms with Crippen LogP contribution in [0, 0.1) is 5.41 Å². The van der Waals surface area contributed by atoms with Gasteiger partial charge in [0.2, 0.25) is 0 Å². The summed E-state index contributed by atoms with van der Waals surface area (Å²) in [7, 11) is 0. The van der Waals surface area contributed by atoms with E-state index in [1.807, 2.05) is 0 Å². The number of fused-ring (bicyclic) bond motifs is 2. The van der Waals surface area contributed by atoms with E-state index in [1.165, 1.54) is 36.9 Å². The van der Waals surface area contributed by atoms with Crippen LogP contribution in [-0.4, -0.2) is 37.0 Å². The SMILES string of the molecule is CC(C)(C)CCN1CCC2(CC1)C[C@H](NC(=O)C1=COCC1)c1ccccc12. The molecule has 1 aliphatic carbocycles. The Labute approximate surface area is 169 Å². The van der Waals surface area contributed by atoms with E-state index in [-0.39, 0.29) is 17.4 Å². The molecule has 1 spiro atoms. The number of ether oxygens (including phenoxy) is 1. The molecular weight excluding hydrogens is 348 g/mol. The van der Waals surface area contributed by atoms with Gasteiger partial charge in [-0.25, -0.2) is 0 Å². The van der Waals surface area contributed by atoms with Crippen LogP contribution in [0.2, 0.25) is 0 Å². The molecule has 1 amide bonds. The number of hydrogen-bond donors (Lipinski definition) is 1. The first-order valence-corrected chi connectivity index (χ1v) is 10.8. The summed E-state index contributed by atoms with van der Waals surface area (Å²) in [5, 5.41) is 3.30. The number of amides is 1. The van der Waals surface area contributed by atoms with Crippen molar-refractivity contribution in [2.75, 3.05) is 26.2 Å². The van der Waals surface area contributed by atoms with Crippen LogP contribution in [0.3, 0.4) is 0 Å². The zero-order valence-electron chi connectivity index (χ0n) is 17.6. The van der Waals surface area contributed by atoms with Crippen LogP contribution in [0.1, 0.15) is 70.0 Å². The van der Waals surface area contributed by atoms with Crippen LogP contribution in [0.15, 0.2) is 36.1 Å². The molecule has 1 saturated heterocycles. The summed E-state index contributed by atoms with van der Waals surface area (Å²) in [6.45, 7) is 11.1. The largest absolute Gasteiger partial charge is 0.500 e. The molecule has 3 aliphatic rings. The highest BCUT2D eigenvalue weighted by molar-refractivity contribution is 5.93. The first kappa shape index (κ1) is 19.5. The predicted octanol–water partition coefficient (Wildman–Crippen LogP) is 4.32. The van der Waals surface area contributed by atoms with Gasteiger partial charge in [-0.05, 0) is 61.9 Å². The maximum atomic E-state index is 12.6. The van der Waals surface area contributed by atoms with Gasteiger partial charge in [-0.2, -0.15) is 0 Å². The smallest absolute Gasteiger partial charge is 0.250 e. The second-order valence-electron chi connectivity index (χ2n) is 10.0. The highest BCUT2D eigenvalue weighted by Crippen LogP contribution is 2.50. The predicted molar refractivity (Wildman–Crippen MR) is 112 cm³/mol. The Morgan fingerprint density at radius 2 is 2.00 bits per heavy atom. The molecule has 0 bridgehead atoms. The van der Waals surface area contributed by atoms with Gasteiger partial charge in [0.05, 0.1) is 24.5 Å². The van der Waals surface area contributed by atoms with Gasteiger partial charge in [-0.3, -0.25) is 4.79 Å². The zero-order chi connectivity index (χ0) is 19.8. The van der Waals surface area contributed by atoms with Crippen molar-refractivity contribution in [1.82, 2.24) is 10.2 Å². The fourth-order valence-electron chi connectivity index (χ4n) is 5.00. The van der Waals surface area contributed by atoms with Crippen LogP contribution < -0.4 is 5.32 Å². The Kier molecular flexibility index (Phi) is 5.26. The molecule has 4 nitrogen and oxygen atoms in total. The van der Waals surface area contributed by atoms with Crippen molar-refractivity contribution in [1.29, 1.82) is 0 Å². The van der Waals surface area contributed by atoms with E-state index in [0.717, 1.165) is 25.1 Å². The molecule has 4 rings (SSSR count). The second-order valence-corrected chi connectivity index (χ2v) is 10.0. The molecule has 1 fully saturated rings. The monoisotopic (exact) mass is 382 g/mol. The minimum atomic E-state index is 0.0389. The van der Waals surface area contributed by atoms with Crippen molar-refractivity contribution in [2.24, 2.45) is 5.41 Å². The van der Waals surface area contributed by atoms with E-state index in [1.54, 1.807) is 6.26 Å². The number of nitrogens with zero attached hydrogens (tertiary/aromatic N) is 1. The summed E-state index contributed by atoms with van der Waals surface area (Å²) in [6, 6.07) is 8.88. The van der Waals surface area contributed by atoms with Gasteiger partial charge in [0, 0.05) is 11.8 Å². The van der Waals surface area contributed by atoms with Crippen LogP contribution >= 0.6 is 0 Å². The first-order valence-electron chi connectivity index (χ1n) is 10.8. The molecule has 1 atom stereocenters. The lowest BCUT2D eigenvalue weighted by Crippen LogP contribution is -2.43. The lowest BCUT2D eigenvalue weighted by Gasteiger charge is -2.41. The summed E-state index contributed by atoms with van der Waals surface area (Å²) >= 11 is 0. The van der Waals surface area contributed by atoms with E-state index in [2.05, 4.69) is 55.3 Å². The van der Waals surface area contributed by atoms with Gasteiger partial charge in [0.1, 0.15) is 0 Å². The Morgan fingerprint density at radius 1 is 1.25 bits per heavy atom. The molecule has 2 heterocycles. The topological polar surface area (TPSA) is 41.6 Å². The third-order valence-corrected chi connectivity index (χ3v) is 6.81. The molecule has 152 valence electrons. The summed E-state index contributed by atoms with van der Waals surface area (Å²) in [4.78, 5) is 15.3. The Balaban J connectivity index is 1.45. The summed E-state index contributed by atoms with van der Waals surface area (Å²) in [6.07, 6.45) is 6.98. The standard InChI is InChI=1S/C24H34N2O2/c1-23(2,3)9-12-26-13-10-24(11-14-26)16-21(19-6-4-5-7-20(19)24)25-22(27)18-8-15-28-17-18/h4-7,17,21H,8-16H2,1-3H3,(H,25,27)/t21-/m0/s1. The molecular formula is C24H34N2O2. The summed E-state index contributed by atoms with van der Waals surface area (Å²) < 4.78 is 5.25. The lowest BCUT2D eigenvalue weighted by atomic mass is 9.73. The molecule has 0 saturated carbocycles. The zero-order valence-corrected chi connectivity index (χ0v) is 17.6. The molecule has 1 aromatic carbocycles. The highest BCUT2D eigenvalue weighted by Gasteiger charge is 2.45. The Morgan fingerprint density at radius 3 is 2.68 bits per heavy atom. The van der Waals surface area contributed by atoms with Crippen LogP contribution in [0.4, 0.5) is 0 Å². The quantitative estimate of drug-likeness (QED) is 0.843. The number of hydrogen-bond acceptors (Lipinski definition) is 3. The maximum absolute atomic E-state index is 12.6. The normalized spacial score (nSPS) is 24.0. The van der Waals surface area contributed by atoms with Crippen molar-refractivity contribution < 1.29 is 9.53 Å². The second kappa shape index (κ2) is 7.55. The van der Waals surface area contributed by atoms with Crippen LogP contribution in [0.25, 0.3) is 0 Å². The van der Waals surface area contributed by atoms with Crippen molar-refractivity contribution in [2.45, 2.75) is 64.3 Å². The van der Waals surface area contributed by atoms with E-state index < -0.39 is 0 Å². The van der Waals surface area contributed by atoms with Gasteiger partial charge in [0.25, 0.3) is 5.91 Å². The number of carbonyl (C=O) groups is 1. The van der Waals surface area contributed by atoms with Crippen molar-refractivity contribution >= 4 is 5.91 Å². The third kappa shape index (κ3) is 3.98. The highest BCUT2D eigenvalue weighted by atomic mass is 16.5. The fraction of sp³-hybridized carbons (Fsp3) is 0.625. The van der Waals surface area contributed by atoms with Gasteiger partial charge >= 0.3 is 0 Å². The fourth-order valence-corrected chi connectivity index (χ4v) is 5.00. The van der Waals surface area contributed by atoms with E-state index >= 15 is 0 Å². The Bertz CT molecular complexity index is 754. The van der Waals surface area contributed by atoms with Crippen molar-refractivity contribution in [3.63, 3.8) is 0 Å². The number of benzene rings is 1. The third-order valence-electron chi connectivity index (χ3n) is 6.81.